The van der Waals surface area contributed by atoms with Crippen LogP contribution in [0.15, 0.2) is 54.7 Å². The van der Waals surface area contributed by atoms with Crippen LogP contribution in [0.1, 0.15) is 21.9 Å². The maximum absolute atomic E-state index is 12.5. The number of hydrogen-bond donors (Lipinski definition) is 1. The summed E-state index contributed by atoms with van der Waals surface area (Å²) in [7, 11) is 0. The minimum absolute atomic E-state index is 0.166. The first-order chi connectivity index (χ1) is 12.7. The average molecular weight is 349 g/mol. The second kappa shape index (κ2) is 6.92. The van der Waals surface area contributed by atoms with Crippen molar-refractivity contribution in [1.82, 2.24) is 14.9 Å². The van der Waals surface area contributed by atoms with Crippen LogP contribution >= 0.6 is 0 Å². The number of aromatic nitrogens is 2. The molecule has 0 atom stereocenters. The fourth-order valence-corrected chi connectivity index (χ4v) is 3.00. The molecule has 6 nitrogen and oxygen atoms in total. The Morgan fingerprint density at radius 3 is 2.69 bits per heavy atom. The van der Waals surface area contributed by atoms with Gasteiger partial charge in [-0.15, -0.1) is 0 Å². The van der Waals surface area contributed by atoms with Crippen LogP contribution in [-0.4, -0.2) is 28.7 Å². The van der Waals surface area contributed by atoms with Crippen LogP contribution in [0.5, 0.6) is 11.5 Å². The second-order valence-corrected chi connectivity index (χ2v) is 6.01. The summed E-state index contributed by atoms with van der Waals surface area (Å²) in [5.74, 6) is 1.99. The van der Waals surface area contributed by atoms with Gasteiger partial charge in [-0.25, -0.2) is 4.98 Å². The third kappa shape index (κ3) is 3.13. The van der Waals surface area contributed by atoms with E-state index in [4.69, 9.17) is 9.47 Å². The number of ether oxygens (including phenoxy) is 2. The van der Waals surface area contributed by atoms with E-state index in [1.165, 1.54) is 0 Å². The molecule has 1 N–H and O–H groups in total. The Labute approximate surface area is 151 Å². The summed E-state index contributed by atoms with van der Waals surface area (Å²) in [5.41, 5.74) is 2.47. The highest BCUT2D eigenvalue weighted by atomic mass is 16.6. The quantitative estimate of drug-likeness (QED) is 0.787. The highest BCUT2D eigenvalue weighted by molar-refractivity contribution is 5.94. The Kier molecular flexibility index (Phi) is 4.31. The summed E-state index contributed by atoms with van der Waals surface area (Å²) >= 11 is 0. The van der Waals surface area contributed by atoms with Crippen molar-refractivity contribution in [3.8, 4) is 17.2 Å². The van der Waals surface area contributed by atoms with Crippen molar-refractivity contribution >= 4 is 5.91 Å². The molecule has 0 spiro atoms. The van der Waals surface area contributed by atoms with Crippen LogP contribution in [0.2, 0.25) is 0 Å². The molecule has 0 saturated carbocycles. The lowest BCUT2D eigenvalue weighted by Gasteiger charge is -2.18. The van der Waals surface area contributed by atoms with Gasteiger partial charge in [0.1, 0.15) is 19.0 Å². The lowest BCUT2D eigenvalue weighted by atomic mass is 10.2. The van der Waals surface area contributed by atoms with E-state index >= 15 is 0 Å². The normalized spacial score (nSPS) is 12.7. The Balaban J connectivity index is 1.51. The summed E-state index contributed by atoms with van der Waals surface area (Å²) in [4.78, 5) is 16.9. The molecule has 0 aliphatic carbocycles. The van der Waals surface area contributed by atoms with Crippen molar-refractivity contribution in [3.05, 3.63) is 71.8 Å². The molecule has 1 amide bonds. The summed E-state index contributed by atoms with van der Waals surface area (Å²) in [6.45, 7) is 3.34. The van der Waals surface area contributed by atoms with Gasteiger partial charge in [0.25, 0.3) is 5.91 Å². The van der Waals surface area contributed by atoms with Gasteiger partial charge >= 0.3 is 0 Å². The minimum Gasteiger partial charge on any atom is -0.486 e. The molecule has 6 heteroatoms. The number of nitrogens with zero attached hydrogens (tertiary/aromatic N) is 2. The molecule has 2 aromatic carbocycles. The number of fused-ring (bicyclic) bond motifs is 1. The van der Waals surface area contributed by atoms with E-state index in [0.29, 0.717) is 36.8 Å². The number of imidazole rings is 1. The van der Waals surface area contributed by atoms with Crippen LogP contribution in [0.3, 0.4) is 0 Å². The molecule has 3 aromatic rings. The molecular formula is C20H19N3O3. The number of carbonyl (C=O) groups is 1. The Morgan fingerprint density at radius 2 is 1.88 bits per heavy atom. The van der Waals surface area contributed by atoms with E-state index in [0.717, 1.165) is 17.2 Å². The minimum atomic E-state index is -0.166. The van der Waals surface area contributed by atoms with Gasteiger partial charge in [0.2, 0.25) is 0 Å². The highest BCUT2D eigenvalue weighted by Gasteiger charge is 2.16. The first-order valence-corrected chi connectivity index (χ1v) is 8.49. The molecule has 1 aliphatic rings. The number of carbonyl (C=O) groups excluding carboxylic acids is 1. The van der Waals surface area contributed by atoms with Crippen molar-refractivity contribution in [1.29, 1.82) is 0 Å². The maximum atomic E-state index is 12.5. The Morgan fingerprint density at radius 1 is 1.12 bits per heavy atom. The molecule has 0 bridgehead atoms. The molecule has 1 aliphatic heterocycles. The molecular weight excluding hydrogens is 330 g/mol. The van der Waals surface area contributed by atoms with Gasteiger partial charge in [-0.1, -0.05) is 18.2 Å². The maximum Gasteiger partial charge on any atom is 0.251 e. The summed E-state index contributed by atoms with van der Waals surface area (Å²) in [6.07, 6.45) is 1.78. The van der Waals surface area contributed by atoms with Crippen LogP contribution in [0, 0.1) is 6.92 Å². The zero-order chi connectivity index (χ0) is 17.9. The molecule has 4 rings (SSSR count). The third-order valence-corrected chi connectivity index (χ3v) is 4.26. The lowest BCUT2D eigenvalue weighted by Crippen LogP contribution is -2.24. The predicted molar refractivity (Wildman–Crippen MR) is 96.9 cm³/mol. The van der Waals surface area contributed by atoms with Crippen LogP contribution in [-0.2, 0) is 6.54 Å². The van der Waals surface area contributed by atoms with Crippen LogP contribution in [0.25, 0.3) is 5.69 Å². The standard InChI is InChI=1S/C20H19N3O3/c1-14-21-12-17(23(14)16-5-3-2-4-6-16)13-22-20(24)15-7-8-18-19(11-15)26-10-9-25-18/h2-8,11-12H,9-10,13H2,1H3,(H,22,24). The van der Waals surface area contributed by atoms with E-state index in [9.17, 15) is 4.79 Å². The number of hydrogen-bond acceptors (Lipinski definition) is 4. The fraction of sp³-hybridized carbons (Fsp3) is 0.200. The first kappa shape index (κ1) is 16.2. The molecule has 132 valence electrons. The van der Waals surface area contributed by atoms with Crippen molar-refractivity contribution in [2.24, 2.45) is 0 Å². The number of para-hydroxylation sites is 1. The Bertz CT molecular complexity index is 935. The third-order valence-electron chi connectivity index (χ3n) is 4.26. The van der Waals surface area contributed by atoms with Crippen molar-refractivity contribution in [2.75, 3.05) is 13.2 Å². The first-order valence-electron chi connectivity index (χ1n) is 8.49. The van der Waals surface area contributed by atoms with E-state index in [1.807, 2.05) is 41.8 Å². The van der Waals surface area contributed by atoms with E-state index < -0.39 is 0 Å². The zero-order valence-corrected chi connectivity index (χ0v) is 14.4. The molecule has 2 heterocycles. The van der Waals surface area contributed by atoms with Gasteiger partial charge in [0, 0.05) is 11.3 Å². The van der Waals surface area contributed by atoms with Crippen molar-refractivity contribution in [3.63, 3.8) is 0 Å². The molecule has 0 radical (unpaired) electrons. The topological polar surface area (TPSA) is 65.4 Å². The SMILES string of the molecule is Cc1ncc(CNC(=O)c2ccc3c(c2)OCCO3)n1-c1ccccc1. The van der Waals surface area contributed by atoms with Gasteiger partial charge in [-0.05, 0) is 37.3 Å². The molecule has 0 unspecified atom stereocenters. The highest BCUT2D eigenvalue weighted by Crippen LogP contribution is 2.30. The monoisotopic (exact) mass is 349 g/mol. The van der Waals surface area contributed by atoms with E-state index in [2.05, 4.69) is 10.3 Å². The van der Waals surface area contributed by atoms with E-state index in [1.54, 1.807) is 24.4 Å². The molecule has 1 aromatic heterocycles. The van der Waals surface area contributed by atoms with Crippen molar-refractivity contribution in [2.45, 2.75) is 13.5 Å². The van der Waals surface area contributed by atoms with Crippen LogP contribution in [0.4, 0.5) is 0 Å². The second-order valence-electron chi connectivity index (χ2n) is 6.01. The van der Waals surface area contributed by atoms with Gasteiger partial charge < -0.3 is 14.8 Å². The average Bonchev–Trinajstić information content (AvgIpc) is 3.06. The fourth-order valence-electron chi connectivity index (χ4n) is 3.00. The number of amides is 1. The smallest absolute Gasteiger partial charge is 0.251 e. The number of benzene rings is 2. The van der Waals surface area contributed by atoms with Crippen LogP contribution < -0.4 is 14.8 Å². The van der Waals surface area contributed by atoms with Gasteiger partial charge in [-0.2, -0.15) is 0 Å². The van der Waals surface area contributed by atoms with Gasteiger partial charge in [0.05, 0.1) is 18.4 Å². The molecule has 26 heavy (non-hydrogen) atoms. The summed E-state index contributed by atoms with van der Waals surface area (Å²) in [5, 5.41) is 2.95. The lowest BCUT2D eigenvalue weighted by molar-refractivity contribution is 0.0949. The largest absolute Gasteiger partial charge is 0.486 e. The summed E-state index contributed by atoms with van der Waals surface area (Å²) < 4.78 is 13.1. The summed E-state index contributed by atoms with van der Waals surface area (Å²) in [6, 6.07) is 15.2. The number of rotatable bonds is 4. The number of nitrogens with one attached hydrogen (secondary N) is 1. The zero-order valence-electron chi connectivity index (χ0n) is 14.4. The molecule has 0 fully saturated rings. The predicted octanol–water partition coefficient (Wildman–Crippen LogP) is 2.88. The van der Waals surface area contributed by atoms with Gasteiger partial charge in [-0.3, -0.25) is 9.36 Å². The number of aryl methyl sites for hydroxylation is 1. The van der Waals surface area contributed by atoms with E-state index in [-0.39, 0.29) is 5.91 Å². The van der Waals surface area contributed by atoms with Gasteiger partial charge in [0.15, 0.2) is 11.5 Å². The van der Waals surface area contributed by atoms with Crippen molar-refractivity contribution < 1.29 is 14.3 Å². The Hall–Kier alpha value is -3.28. The molecule has 0 saturated heterocycles.